The van der Waals surface area contributed by atoms with Gasteiger partial charge in [-0.05, 0) is 36.8 Å². The Morgan fingerprint density at radius 3 is 2.94 bits per heavy atom. The molecule has 2 rings (SSSR count). The molecule has 1 aromatic rings. The topological polar surface area (TPSA) is 0 Å². The summed E-state index contributed by atoms with van der Waals surface area (Å²) in [5.41, 5.74) is 1.56. The lowest BCUT2D eigenvalue weighted by molar-refractivity contribution is 0.488. The van der Waals surface area contributed by atoms with Crippen LogP contribution in [-0.2, 0) is 6.42 Å². The summed E-state index contributed by atoms with van der Waals surface area (Å²) in [7, 11) is 0. The molecule has 0 radical (unpaired) electrons. The highest BCUT2D eigenvalue weighted by Gasteiger charge is 2.24. The molecule has 2 atom stereocenters. The molecule has 1 aromatic carbocycles. The van der Waals surface area contributed by atoms with E-state index < -0.39 is 0 Å². The van der Waals surface area contributed by atoms with Crippen molar-refractivity contribution < 1.29 is 0 Å². The van der Waals surface area contributed by atoms with Gasteiger partial charge in [-0.1, -0.05) is 47.5 Å². The molecule has 16 heavy (non-hydrogen) atoms. The Labute approximate surface area is 111 Å². The lowest BCUT2D eigenvalue weighted by Gasteiger charge is -2.16. The molecule has 0 bridgehead atoms. The van der Waals surface area contributed by atoms with Gasteiger partial charge in [0.1, 0.15) is 0 Å². The van der Waals surface area contributed by atoms with Crippen LogP contribution in [0.5, 0.6) is 0 Å². The first-order valence-electron chi connectivity index (χ1n) is 6.14. The van der Waals surface area contributed by atoms with Crippen molar-refractivity contribution >= 4 is 27.7 Å². The molecule has 1 heterocycles. The van der Waals surface area contributed by atoms with E-state index in [4.69, 9.17) is 0 Å². The lowest BCUT2D eigenvalue weighted by atomic mass is 9.97. The predicted molar refractivity (Wildman–Crippen MR) is 76.6 cm³/mol. The molecule has 2 heteroatoms. The van der Waals surface area contributed by atoms with E-state index >= 15 is 0 Å². The maximum Gasteiger partial charge on any atom is 0.0138 e. The zero-order valence-electron chi connectivity index (χ0n) is 9.79. The third kappa shape index (κ3) is 3.04. The SMILES string of the molecule is CCCC(CBr)CC1Cc2ccccc2S1. The van der Waals surface area contributed by atoms with E-state index in [-0.39, 0.29) is 0 Å². The molecule has 88 valence electrons. The van der Waals surface area contributed by atoms with Crippen molar-refractivity contribution in [1.82, 2.24) is 0 Å². The van der Waals surface area contributed by atoms with E-state index in [1.54, 1.807) is 5.56 Å². The number of rotatable bonds is 5. The second-order valence-corrected chi connectivity index (χ2v) is 6.59. The summed E-state index contributed by atoms with van der Waals surface area (Å²) >= 11 is 5.73. The molecule has 0 N–H and O–H groups in total. The Hall–Kier alpha value is 0.0500. The van der Waals surface area contributed by atoms with Gasteiger partial charge in [0.15, 0.2) is 0 Å². The van der Waals surface area contributed by atoms with Crippen LogP contribution in [0.2, 0.25) is 0 Å². The number of hydrogen-bond acceptors (Lipinski definition) is 1. The normalized spacial score (nSPS) is 20.8. The van der Waals surface area contributed by atoms with Crippen LogP contribution >= 0.6 is 27.7 Å². The van der Waals surface area contributed by atoms with Crippen molar-refractivity contribution in [2.24, 2.45) is 5.92 Å². The summed E-state index contributed by atoms with van der Waals surface area (Å²) < 4.78 is 0. The molecule has 0 aliphatic carbocycles. The van der Waals surface area contributed by atoms with Gasteiger partial charge in [0.2, 0.25) is 0 Å². The molecule has 2 unspecified atom stereocenters. The Morgan fingerprint density at radius 1 is 1.44 bits per heavy atom. The highest BCUT2D eigenvalue weighted by atomic mass is 79.9. The summed E-state index contributed by atoms with van der Waals surface area (Å²) in [5.74, 6) is 0.858. The van der Waals surface area contributed by atoms with E-state index in [2.05, 4.69) is 58.9 Å². The van der Waals surface area contributed by atoms with Crippen LogP contribution in [0.1, 0.15) is 31.7 Å². The number of benzene rings is 1. The molecular formula is C14H19BrS. The van der Waals surface area contributed by atoms with Gasteiger partial charge in [0.25, 0.3) is 0 Å². The first-order valence-corrected chi connectivity index (χ1v) is 8.14. The van der Waals surface area contributed by atoms with Crippen LogP contribution in [0.3, 0.4) is 0 Å². The Bertz CT molecular complexity index is 312. The predicted octanol–water partition coefficient (Wildman–Crippen LogP) is 4.90. The quantitative estimate of drug-likeness (QED) is 0.696. The first-order chi connectivity index (χ1) is 7.83. The molecule has 0 aromatic heterocycles. The highest BCUT2D eigenvalue weighted by Crippen LogP contribution is 2.40. The maximum absolute atomic E-state index is 3.65. The Kier molecular flexibility index (Phi) is 4.78. The van der Waals surface area contributed by atoms with Gasteiger partial charge < -0.3 is 0 Å². The molecule has 1 aliphatic rings. The van der Waals surface area contributed by atoms with Gasteiger partial charge in [-0.2, -0.15) is 0 Å². The van der Waals surface area contributed by atoms with Crippen LogP contribution in [0.25, 0.3) is 0 Å². The van der Waals surface area contributed by atoms with Gasteiger partial charge in [0.05, 0.1) is 0 Å². The van der Waals surface area contributed by atoms with E-state index in [1.807, 2.05) is 0 Å². The summed E-state index contributed by atoms with van der Waals surface area (Å²) in [5, 5.41) is 1.97. The second kappa shape index (κ2) is 6.11. The smallest absolute Gasteiger partial charge is 0.0138 e. The van der Waals surface area contributed by atoms with Crippen molar-refractivity contribution in [2.75, 3.05) is 5.33 Å². The summed E-state index contributed by atoms with van der Waals surface area (Å²) in [6.07, 6.45) is 5.30. The fourth-order valence-corrected chi connectivity index (χ4v) is 4.46. The van der Waals surface area contributed by atoms with Crippen molar-refractivity contribution in [3.63, 3.8) is 0 Å². The van der Waals surface area contributed by atoms with E-state index in [0.717, 1.165) is 16.5 Å². The van der Waals surface area contributed by atoms with Gasteiger partial charge in [0, 0.05) is 15.5 Å². The minimum atomic E-state index is 0.812. The van der Waals surface area contributed by atoms with Crippen LogP contribution in [-0.4, -0.2) is 10.6 Å². The maximum atomic E-state index is 3.65. The number of alkyl halides is 1. The van der Waals surface area contributed by atoms with Crippen LogP contribution in [0, 0.1) is 5.92 Å². The molecule has 0 fully saturated rings. The summed E-state index contributed by atoms with van der Waals surface area (Å²) in [4.78, 5) is 1.51. The zero-order valence-corrected chi connectivity index (χ0v) is 12.2. The zero-order chi connectivity index (χ0) is 11.4. The second-order valence-electron chi connectivity index (χ2n) is 4.60. The minimum absolute atomic E-state index is 0.812. The average molecular weight is 299 g/mol. The van der Waals surface area contributed by atoms with Gasteiger partial charge in [-0.3, -0.25) is 0 Å². The average Bonchev–Trinajstić information content (AvgIpc) is 2.70. The molecule has 0 amide bonds. The number of halogens is 1. The first kappa shape index (κ1) is 12.5. The molecule has 1 aliphatic heterocycles. The molecule has 0 saturated carbocycles. The van der Waals surface area contributed by atoms with Crippen LogP contribution in [0.4, 0.5) is 0 Å². The van der Waals surface area contributed by atoms with Crippen molar-refractivity contribution in [3.8, 4) is 0 Å². The fraction of sp³-hybridized carbons (Fsp3) is 0.571. The third-order valence-electron chi connectivity index (χ3n) is 3.23. The number of hydrogen-bond donors (Lipinski definition) is 0. The van der Waals surface area contributed by atoms with E-state index in [1.165, 1.54) is 30.6 Å². The monoisotopic (exact) mass is 298 g/mol. The van der Waals surface area contributed by atoms with Crippen LogP contribution in [0.15, 0.2) is 29.2 Å². The summed E-state index contributed by atoms with van der Waals surface area (Å²) in [6, 6.07) is 8.87. The Morgan fingerprint density at radius 2 is 2.25 bits per heavy atom. The van der Waals surface area contributed by atoms with Gasteiger partial charge in [-0.15, -0.1) is 11.8 Å². The largest absolute Gasteiger partial charge is 0.122 e. The Balaban J connectivity index is 1.91. The van der Waals surface area contributed by atoms with Gasteiger partial charge in [-0.25, -0.2) is 0 Å². The lowest BCUT2D eigenvalue weighted by Crippen LogP contribution is -2.11. The van der Waals surface area contributed by atoms with Crippen molar-refractivity contribution in [2.45, 2.75) is 42.8 Å². The molecular weight excluding hydrogens is 280 g/mol. The highest BCUT2D eigenvalue weighted by molar-refractivity contribution is 9.09. The van der Waals surface area contributed by atoms with Crippen molar-refractivity contribution in [3.05, 3.63) is 29.8 Å². The molecule has 0 spiro atoms. The van der Waals surface area contributed by atoms with E-state index in [9.17, 15) is 0 Å². The van der Waals surface area contributed by atoms with Crippen molar-refractivity contribution in [1.29, 1.82) is 0 Å². The van der Waals surface area contributed by atoms with E-state index in [0.29, 0.717) is 0 Å². The third-order valence-corrected chi connectivity index (χ3v) is 5.49. The molecule has 0 saturated heterocycles. The number of fused-ring (bicyclic) bond motifs is 1. The summed E-state index contributed by atoms with van der Waals surface area (Å²) in [6.45, 7) is 2.28. The standard InChI is InChI=1S/C14H19BrS/c1-2-5-11(10-15)8-13-9-12-6-3-4-7-14(12)16-13/h3-4,6-7,11,13H,2,5,8-10H2,1H3. The molecule has 0 nitrogen and oxygen atoms in total. The minimum Gasteiger partial charge on any atom is -0.122 e. The van der Waals surface area contributed by atoms with Crippen LogP contribution < -0.4 is 0 Å². The number of thioether (sulfide) groups is 1. The fourth-order valence-electron chi connectivity index (χ4n) is 2.42. The van der Waals surface area contributed by atoms with Gasteiger partial charge >= 0.3 is 0 Å².